The molecule has 0 radical (unpaired) electrons. The highest BCUT2D eigenvalue weighted by atomic mass is 35.5. The molecule has 8 rings (SSSR count). The molecular formula is C32H22Cl2N2O3. The molecule has 4 aromatic carbocycles. The van der Waals surface area contributed by atoms with Gasteiger partial charge in [-0.15, -0.1) is 0 Å². The van der Waals surface area contributed by atoms with Gasteiger partial charge in [-0.25, -0.2) is 0 Å². The van der Waals surface area contributed by atoms with E-state index in [-0.39, 0.29) is 30.3 Å². The lowest BCUT2D eigenvalue weighted by Crippen LogP contribution is -2.41. The summed E-state index contributed by atoms with van der Waals surface area (Å²) >= 11 is 12.2. The molecule has 0 unspecified atom stereocenters. The first-order chi connectivity index (χ1) is 19.0. The summed E-state index contributed by atoms with van der Waals surface area (Å²) in [5.74, 6) is -1.09. The summed E-state index contributed by atoms with van der Waals surface area (Å²) in [4.78, 5) is 27.4. The zero-order valence-electron chi connectivity index (χ0n) is 20.6. The van der Waals surface area contributed by atoms with Gasteiger partial charge in [0, 0.05) is 27.4 Å². The van der Waals surface area contributed by atoms with Crippen LogP contribution in [0.15, 0.2) is 96.1 Å². The molecule has 3 aliphatic carbocycles. The maximum absolute atomic E-state index is 13.7. The topological polar surface area (TPSA) is 59.0 Å². The maximum Gasteiger partial charge on any atom is 0.254 e. The third-order valence-corrected chi connectivity index (χ3v) is 8.60. The number of hydrazone groups is 1. The first-order valence-corrected chi connectivity index (χ1v) is 13.5. The summed E-state index contributed by atoms with van der Waals surface area (Å²) in [5.41, 5.74) is 6.08. The monoisotopic (exact) mass is 552 g/mol. The molecule has 1 saturated heterocycles. The second-order valence-corrected chi connectivity index (χ2v) is 10.9. The highest BCUT2D eigenvalue weighted by molar-refractivity contribution is 6.35. The number of carbonyl (C=O) groups excluding carboxylic acids is 2. The molecule has 4 aromatic rings. The summed E-state index contributed by atoms with van der Waals surface area (Å²) in [6.45, 7) is 0.271. The van der Waals surface area contributed by atoms with Gasteiger partial charge in [-0.3, -0.25) is 9.59 Å². The van der Waals surface area contributed by atoms with Crippen LogP contribution in [0.25, 0.3) is 0 Å². The van der Waals surface area contributed by atoms with Gasteiger partial charge in [0.05, 0.1) is 18.1 Å². The number of ether oxygens (including phenoxy) is 1. The zero-order chi connectivity index (χ0) is 26.7. The van der Waals surface area contributed by atoms with Crippen molar-refractivity contribution >= 4 is 41.2 Å². The van der Waals surface area contributed by atoms with Crippen molar-refractivity contribution in [2.75, 3.05) is 0 Å². The molecule has 0 aromatic heterocycles. The highest BCUT2D eigenvalue weighted by Gasteiger charge is 2.61. The summed E-state index contributed by atoms with van der Waals surface area (Å²) in [5, 5.41) is 6.58. The van der Waals surface area contributed by atoms with E-state index in [1.807, 2.05) is 48.5 Å². The Balaban J connectivity index is 1.15. The van der Waals surface area contributed by atoms with Crippen LogP contribution >= 0.6 is 23.2 Å². The summed E-state index contributed by atoms with van der Waals surface area (Å²) in [6.07, 6.45) is 1.54. The Hall–Kier alpha value is -3.93. The van der Waals surface area contributed by atoms with Crippen molar-refractivity contribution in [3.63, 3.8) is 0 Å². The third kappa shape index (κ3) is 3.88. The predicted octanol–water partition coefficient (Wildman–Crippen LogP) is 6.80. The quantitative estimate of drug-likeness (QED) is 0.202. The minimum atomic E-state index is -0.455. The highest BCUT2D eigenvalue weighted by Crippen LogP contribution is 2.60. The Morgan fingerprint density at radius 2 is 1.33 bits per heavy atom. The first-order valence-electron chi connectivity index (χ1n) is 12.8. The van der Waals surface area contributed by atoms with Gasteiger partial charge in [0.25, 0.3) is 11.8 Å². The van der Waals surface area contributed by atoms with Crippen LogP contribution in [0.4, 0.5) is 0 Å². The smallest absolute Gasteiger partial charge is 0.254 e. The van der Waals surface area contributed by atoms with Gasteiger partial charge < -0.3 is 4.74 Å². The van der Waals surface area contributed by atoms with Crippen molar-refractivity contribution in [3.8, 4) is 5.75 Å². The average Bonchev–Trinajstić information content (AvgIpc) is 3.21. The number of imide groups is 1. The molecule has 1 fully saturated rings. The number of hydrogen-bond acceptors (Lipinski definition) is 4. The van der Waals surface area contributed by atoms with Crippen molar-refractivity contribution in [3.05, 3.63) is 134 Å². The van der Waals surface area contributed by atoms with Crippen LogP contribution in [0.3, 0.4) is 0 Å². The largest absolute Gasteiger partial charge is 0.489 e. The number of nitrogens with zero attached hydrogens (tertiary/aromatic N) is 2. The molecule has 1 heterocycles. The van der Waals surface area contributed by atoms with E-state index in [1.54, 1.807) is 18.2 Å². The molecule has 2 atom stereocenters. The lowest BCUT2D eigenvalue weighted by molar-refractivity contribution is -0.139. The molecule has 4 aliphatic rings. The summed E-state index contributed by atoms with van der Waals surface area (Å²) in [7, 11) is 0. The van der Waals surface area contributed by atoms with Crippen molar-refractivity contribution < 1.29 is 14.3 Å². The first kappa shape index (κ1) is 24.1. The molecular weight excluding hydrogens is 531 g/mol. The Morgan fingerprint density at radius 1 is 0.744 bits per heavy atom. The van der Waals surface area contributed by atoms with Crippen LogP contribution in [0.1, 0.15) is 45.2 Å². The van der Waals surface area contributed by atoms with E-state index in [9.17, 15) is 9.59 Å². The minimum Gasteiger partial charge on any atom is -0.489 e. The normalized spacial score (nSPS) is 22.7. The number of hydrogen-bond donors (Lipinski definition) is 0. The molecule has 1 aliphatic heterocycles. The average molecular weight is 553 g/mol. The number of amides is 2. The Kier molecular flexibility index (Phi) is 5.80. The molecule has 39 heavy (non-hydrogen) atoms. The minimum absolute atomic E-state index is 0.152. The Morgan fingerprint density at radius 3 is 1.90 bits per heavy atom. The second-order valence-electron chi connectivity index (χ2n) is 10.1. The number of carbonyl (C=O) groups is 2. The lowest BCUT2D eigenvalue weighted by atomic mass is 9.55. The van der Waals surface area contributed by atoms with Crippen LogP contribution in [-0.2, 0) is 16.2 Å². The number of benzene rings is 4. The van der Waals surface area contributed by atoms with E-state index >= 15 is 0 Å². The van der Waals surface area contributed by atoms with E-state index in [1.165, 1.54) is 6.21 Å². The lowest BCUT2D eigenvalue weighted by Gasteiger charge is -2.45. The summed E-state index contributed by atoms with van der Waals surface area (Å²) in [6, 6.07) is 29.0. The maximum atomic E-state index is 13.7. The van der Waals surface area contributed by atoms with Gasteiger partial charge in [0.15, 0.2) is 0 Å². The SMILES string of the molecule is O=C1[C@@H]2C3c4ccccc4C(c4ccccc43)[C@@H]2C(=O)N1/N=C\c1cccc(OCc2ccc(Cl)cc2Cl)c1. The fourth-order valence-electron chi connectivity index (χ4n) is 6.38. The molecule has 0 N–H and O–H groups in total. The zero-order valence-corrected chi connectivity index (χ0v) is 22.1. The van der Waals surface area contributed by atoms with Crippen molar-refractivity contribution in [1.82, 2.24) is 5.01 Å². The van der Waals surface area contributed by atoms with Gasteiger partial charge in [0.2, 0.25) is 0 Å². The van der Waals surface area contributed by atoms with Crippen LogP contribution in [0.5, 0.6) is 5.75 Å². The van der Waals surface area contributed by atoms with Crippen molar-refractivity contribution in [1.29, 1.82) is 0 Å². The van der Waals surface area contributed by atoms with Gasteiger partial charge in [-0.05, 0) is 52.1 Å². The number of rotatable bonds is 5. The molecule has 0 spiro atoms. The van der Waals surface area contributed by atoms with Crippen LogP contribution in [0, 0.1) is 11.8 Å². The van der Waals surface area contributed by atoms with Gasteiger partial charge in [0.1, 0.15) is 12.4 Å². The van der Waals surface area contributed by atoms with E-state index in [4.69, 9.17) is 27.9 Å². The van der Waals surface area contributed by atoms with Gasteiger partial charge in [-0.2, -0.15) is 10.1 Å². The second kappa shape index (κ2) is 9.37. The van der Waals surface area contributed by atoms with Crippen LogP contribution in [-0.4, -0.2) is 23.0 Å². The van der Waals surface area contributed by atoms with Crippen molar-refractivity contribution in [2.45, 2.75) is 18.4 Å². The van der Waals surface area contributed by atoms with Crippen molar-refractivity contribution in [2.24, 2.45) is 16.9 Å². The fraction of sp³-hybridized carbons (Fsp3) is 0.156. The molecule has 2 amide bonds. The molecule has 7 heteroatoms. The van der Waals surface area contributed by atoms with Crippen LogP contribution in [0.2, 0.25) is 10.0 Å². The third-order valence-electron chi connectivity index (χ3n) is 8.02. The van der Waals surface area contributed by atoms with E-state index in [0.717, 1.165) is 32.8 Å². The molecule has 192 valence electrons. The van der Waals surface area contributed by atoms with E-state index in [0.29, 0.717) is 21.4 Å². The van der Waals surface area contributed by atoms with Gasteiger partial charge >= 0.3 is 0 Å². The molecule has 5 nitrogen and oxygen atoms in total. The Bertz CT molecular complexity index is 1570. The molecule has 0 saturated carbocycles. The van der Waals surface area contributed by atoms with Crippen LogP contribution < -0.4 is 4.74 Å². The number of halogens is 2. The fourth-order valence-corrected chi connectivity index (χ4v) is 6.85. The van der Waals surface area contributed by atoms with E-state index in [2.05, 4.69) is 29.4 Å². The Labute approximate surface area is 235 Å². The van der Waals surface area contributed by atoms with Gasteiger partial charge in [-0.1, -0.05) is 89.9 Å². The van der Waals surface area contributed by atoms with E-state index < -0.39 is 11.8 Å². The standard InChI is InChI=1S/C32H22Cl2N2O3/c33-20-13-12-19(26(34)15-20)17-39-21-7-5-6-18(14-21)16-35-36-31(37)29-27-22-8-1-2-9-23(22)28(30(29)32(36)38)25-11-4-3-10-24(25)27/h1-16,27-30H,17H2/b35-16-/t27?,28?,29-,30+. The molecule has 2 bridgehead atoms. The predicted molar refractivity (Wildman–Crippen MR) is 150 cm³/mol. The summed E-state index contributed by atoms with van der Waals surface area (Å²) < 4.78 is 5.92.